The van der Waals surface area contributed by atoms with Gasteiger partial charge in [-0.1, -0.05) is 24.3 Å². The molecule has 1 amide bonds. The number of nitrogens with one attached hydrogen (secondary N) is 2. The molecule has 0 spiro atoms. The first kappa shape index (κ1) is 21.2. The third-order valence-electron chi connectivity index (χ3n) is 4.78. The van der Waals surface area contributed by atoms with Gasteiger partial charge in [0.1, 0.15) is 5.82 Å². The van der Waals surface area contributed by atoms with Crippen LogP contribution in [0.15, 0.2) is 47.3 Å². The van der Waals surface area contributed by atoms with Crippen LogP contribution >= 0.6 is 0 Å². The number of hydrogen-bond donors (Lipinski definition) is 2. The number of fused-ring (bicyclic) bond motifs is 1. The summed E-state index contributed by atoms with van der Waals surface area (Å²) in [5.74, 6) is -0.327. The maximum atomic E-state index is 12.3. The maximum absolute atomic E-state index is 12.3. The molecular weight excluding hydrogens is 382 g/mol. The standard InChI is InChI=1S/C23H25N3O4/c1-14-11-12-15(2)19(13-14)25-22(28)16(3)30-21(27)10-6-9-20-24-18-8-5-4-7-17(18)23(29)26-20/h4-5,7-8,11-13,16H,6,9-10H2,1-3H3,(H,25,28)(H,24,26,29)/t16-/m1/s1. The molecule has 156 valence electrons. The number of aromatic amines is 1. The molecule has 7 nitrogen and oxygen atoms in total. The highest BCUT2D eigenvalue weighted by molar-refractivity contribution is 5.95. The summed E-state index contributed by atoms with van der Waals surface area (Å²) in [7, 11) is 0. The fraction of sp³-hybridized carbons (Fsp3) is 0.304. The summed E-state index contributed by atoms with van der Waals surface area (Å²) in [6.07, 6.45) is 0.0948. The summed E-state index contributed by atoms with van der Waals surface area (Å²) >= 11 is 0. The van der Waals surface area contributed by atoms with Gasteiger partial charge in [0, 0.05) is 18.5 Å². The summed E-state index contributed by atoms with van der Waals surface area (Å²) < 4.78 is 5.24. The number of rotatable bonds is 7. The van der Waals surface area contributed by atoms with Crippen molar-refractivity contribution in [3.8, 4) is 0 Å². The first-order valence-corrected chi connectivity index (χ1v) is 9.89. The van der Waals surface area contributed by atoms with Crippen molar-refractivity contribution in [3.05, 3.63) is 69.8 Å². The molecule has 7 heteroatoms. The zero-order valence-electron chi connectivity index (χ0n) is 17.3. The molecule has 0 unspecified atom stereocenters. The topological polar surface area (TPSA) is 101 Å². The molecule has 0 saturated heterocycles. The number of nitrogens with zero attached hydrogens (tertiary/aromatic N) is 1. The Bertz CT molecular complexity index is 1140. The Morgan fingerprint density at radius 1 is 1.17 bits per heavy atom. The first-order chi connectivity index (χ1) is 14.3. The highest BCUT2D eigenvalue weighted by atomic mass is 16.5. The van der Waals surface area contributed by atoms with E-state index in [-0.39, 0.29) is 17.9 Å². The number of ether oxygens (including phenoxy) is 1. The van der Waals surface area contributed by atoms with Crippen molar-refractivity contribution in [2.45, 2.75) is 46.1 Å². The molecule has 0 saturated carbocycles. The molecule has 3 aromatic rings. The summed E-state index contributed by atoms with van der Waals surface area (Å²) in [5.41, 5.74) is 3.09. The zero-order valence-corrected chi connectivity index (χ0v) is 17.3. The second-order valence-electron chi connectivity index (χ2n) is 7.32. The predicted molar refractivity (Wildman–Crippen MR) is 115 cm³/mol. The Labute approximate surface area is 174 Å². The van der Waals surface area contributed by atoms with Gasteiger partial charge < -0.3 is 15.0 Å². The van der Waals surface area contributed by atoms with E-state index >= 15 is 0 Å². The van der Waals surface area contributed by atoms with Crippen molar-refractivity contribution in [1.29, 1.82) is 0 Å². The van der Waals surface area contributed by atoms with E-state index in [4.69, 9.17) is 4.74 Å². The Kier molecular flexibility index (Phi) is 6.61. The van der Waals surface area contributed by atoms with Crippen LogP contribution in [0.5, 0.6) is 0 Å². The average molecular weight is 407 g/mol. The Balaban J connectivity index is 1.50. The quantitative estimate of drug-likeness (QED) is 0.584. The number of aromatic nitrogens is 2. The van der Waals surface area contributed by atoms with E-state index in [9.17, 15) is 14.4 Å². The molecule has 0 radical (unpaired) electrons. The maximum Gasteiger partial charge on any atom is 0.306 e. The molecule has 0 aliphatic carbocycles. The fourth-order valence-electron chi connectivity index (χ4n) is 3.07. The third-order valence-corrected chi connectivity index (χ3v) is 4.78. The van der Waals surface area contributed by atoms with Crippen molar-refractivity contribution in [2.75, 3.05) is 5.32 Å². The van der Waals surface area contributed by atoms with Gasteiger partial charge in [0.15, 0.2) is 6.10 Å². The highest BCUT2D eigenvalue weighted by Gasteiger charge is 2.18. The summed E-state index contributed by atoms with van der Waals surface area (Å²) in [4.78, 5) is 43.7. The predicted octanol–water partition coefficient (Wildman–Crippen LogP) is 3.43. The van der Waals surface area contributed by atoms with Crippen molar-refractivity contribution in [1.82, 2.24) is 9.97 Å². The van der Waals surface area contributed by atoms with E-state index in [0.717, 1.165) is 11.1 Å². The number of amides is 1. The van der Waals surface area contributed by atoms with E-state index in [1.54, 1.807) is 25.1 Å². The number of para-hydroxylation sites is 1. The lowest BCUT2D eigenvalue weighted by molar-refractivity contribution is -0.153. The molecule has 1 atom stereocenters. The minimum absolute atomic E-state index is 0.123. The second-order valence-corrected chi connectivity index (χ2v) is 7.32. The molecule has 1 heterocycles. The van der Waals surface area contributed by atoms with E-state index in [2.05, 4.69) is 15.3 Å². The number of anilines is 1. The Morgan fingerprint density at radius 3 is 2.73 bits per heavy atom. The molecule has 2 aromatic carbocycles. The minimum atomic E-state index is -0.906. The van der Waals surface area contributed by atoms with Crippen LogP contribution in [0.25, 0.3) is 10.9 Å². The number of hydrogen-bond acceptors (Lipinski definition) is 5. The van der Waals surface area contributed by atoms with Crippen LogP contribution in [0.1, 0.15) is 36.7 Å². The van der Waals surface area contributed by atoms with Crippen LogP contribution in [-0.2, 0) is 20.7 Å². The van der Waals surface area contributed by atoms with Gasteiger partial charge in [0.05, 0.1) is 10.9 Å². The number of carbonyl (C=O) groups is 2. The van der Waals surface area contributed by atoms with Crippen molar-refractivity contribution in [3.63, 3.8) is 0 Å². The van der Waals surface area contributed by atoms with E-state index in [1.807, 2.05) is 38.1 Å². The Morgan fingerprint density at radius 2 is 1.93 bits per heavy atom. The second kappa shape index (κ2) is 9.35. The van der Waals surface area contributed by atoms with Crippen molar-refractivity contribution < 1.29 is 14.3 Å². The van der Waals surface area contributed by atoms with Gasteiger partial charge in [0.2, 0.25) is 0 Å². The Hall–Kier alpha value is -3.48. The summed E-state index contributed by atoms with van der Waals surface area (Å²) in [5, 5.41) is 3.33. The van der Waals surface area contributed by atoms with Crippen LogP contribution in [0.2, 0.25) is 0 Å². The molecule has 1 aromatic heterocycles. The molecule has 30 heavy (non-hydrogen) atoms. The average Bonchev–Trinajstić information content (AvgIpc) is 2.70. The van der Waals surface area contributed by atoms with Crippen LogP contribution < -0.4 is 10.9 Å². The lowest BCUT2D eigenvalue weighted by atomic mass is 10.1. The van der Waals surface area contributed by atoms with Crippen molar-refractivity contribution >= 4 is 28.5 Å². The van der Waals surface area contributed by atoms with E-state index < -0.39 is 12.1 Å². The van der Waals surface area contributed by atoms with Gasteiger partial charge in [-0.25, -0.2) is 4.98 Å². The fourth-order valence-corrected chi connectivity index (χ4v) is 3.07. The van der Waals surface area contributed by atoms with Crippen LogP contribution in [0, 0.1) is 13.8 Å². The lowest BCUT2D eigenvalue weighted by Gasteiger charge is -2.15. The molecule has 3 rings (SSSR count). The van der Waals surface area contributed by atoms with Gasteiger partial charge in [-0.05, 0) is 56.5 Å². The van der Waals surface area contributed by atoms with Gasteiger partial charge in [-0.3, -0.25) is 14.4 Å². The first-order valence-electron chi connectivity index (χ1n) is 9.89. The zero-order chi connectivity index (χ0) is 21.7. The van der Waals surface area contributed by atoms with Crippen LogP contribution in [0.3, 0.4) is 0 Å². The normalized spacial score (nSPS) is 11.8. The van der Waals surface area contributed by atoms with Crippen LogP contribution in [-0.4, -0.2) is 27.9 Å². The largest absolute Gasteiger partial charge is 0.453 e. The SMILES string of the molecule is Cc1ccc(C)c(NC(=O)[C@@H](C)OC(=O)CCCc2nc3ccccc3c(=O)[nH]2)c1. The summed E-state index contributed by atoms with van der Waals surface area (Å²) in [6.45, 7) is 5.38. The lowest BCUT2D eigenvalue weighted by Crippen LogP contribution is -2.30. The highest BCUT2D eigenvalue weighted by Crippen LogP contribution is 2.17. The van der Waals surface area contributed by atoms with Gasteiger partial charge in [-0.2, -0.15) is 0 Å². The van der Waals surface area contributed by atoms with Gasteiger partial charge >= 0.3 is 5.97 Å². The van der Waals surface area contributed by atoms with E-state index in [0.29, 0.717) is 35.3 Å². The molecular formula is C23H25N3O4. The number of benzene rings is 2. The van der Waals surface area contributed by atoms with E-state index in [1.165, 1.54) is 0 Å². The smallest absolute Gasteiger partial charge is 0.306 e. The minimum Gasteiger partial charge on any atom is -0.453 e. The van der Waals surface area contributed by atoms with Gasteiger partial charge in [-0.15, -0.1) is 0 Å². The molecule has 0 bridgehead atoms. The molecule has 0 fully saturated rings. The summed E-state index contributed by atoms with van der Waals surface area (Å²) in [6, 6.07) is 12.9. The number of aryl methyl sites for hydroxylation is 3. The number of H-pyrrole nitrogens is 1. The van der Waals surface area contributed by atoms with Crippen molar-refractivity contribution in [2.24, 2.45) is 0 Å². The molecule has 0 aliphatic heterocycles. The monoisotopic (exact) mass is 407 g/mol. The number of carbonyl (C=O) groups excluding carboxylic acids is 2. The van der Waals surface area contributed by atoms with Gasteiger partial charge in [0.25, 0.3) is 11.5 Å². The van der Waals surface area contributed by atoms with Crippen LogP contribution in [0.4, 0.5) is 5.69 Å². The number of esters is 1. The molecule has 2 N–H and O–H groups in total. The molecule has 0 aliphatic rings. The third kappa shape index (κ3) is 5.31.